The highest BCUT2D eigenvalue weighted by molar-refractivity contribution is 7.89. The fourth-order valence-corrected chi connectivity index (χ4v) is 2.71. The monoisotopic (exact) mass is 251 g/mol. The third kappa shape index (κ3) is 5.43. The van der Waals surface area contributed by atoms with Gasteiger partial charge in [-0.2, -0.15) is 4.31 Å². The van der Waals surface area contributed by atoms with Gasteiger partial charge in [0.15, 0.2) is 0 Å². The van der Waals surface area contributed by atoms with Gasteiger partial charge in [-0.25, -0.2) is 8.42 Å². The fraction of sp³-hybridized carbons (Fsp3) is 0.889. The number of amides is 1. The first-order chi connectivity index (χ1) is 7.47. The van der Waals surface area contributed by atoms with Crippen molar-refractivity contribution in [2.24, 2.45) is 5.73 Å². The van der Waals surface area contributed by atoms with Gasteiger partial charge in [-0.1, -0.05) is 6.92 Å². The van der Waals surface area contributed by atoms with Crippen molar-refractivity contribution < 1.29 is 13.2 Å². The second-order valence-electron chi connectivity index (χ2n) is 3.34. The summed E-state index contributed by atoms with van der Waals surface area (Å²) >= 11 is 0. The summed E-state index contributed by atoms with van der Waals surface area (Å²) in [5.41, 5.74) is 5.26. The van der Waals surface area contributed by atoms with Gasteiger partial charge in [-0.15, -0.1) is 0 Å². The van der Waals surface area contributed by atoms with Crippen LogP contribution < -0.4 is 11.1 Å². The Morgan fingerprint density at radius 1 is 1.38 bits per heavy atom. The molecule has 0 aromatic carbocycles. The minimum Gasteiger partial charge on any atom is -0.355 e. The van der Waals surface area contributed by atoms with Crippen LogP contribution in [0.2, 0.25) is 0 Å². The van der Waals surface area contributed by atoms with Crippen molar-refractivity contribution in [2.45, 2.75) is 20.3 Å². The first-order valence-electron chi connectivity index (χ1n) is 5.42. The summed E-state index contributed by atoms with van der Waals surface area (Å²) in [6.07, 6.45) is 0.411. The molecule has 0 bridgehead atoms. The van der Waals surface area contributed by atoms with Crippen molar-refractivity contribution in [1.82, 2.24) is 9.62 Å². The minimum atomic E-state index is -3.36. The number of sulfonamides is 1. The molecule has 0 heterocycles. The average Bonchev–Trinajstić information content (AvgIpc) is 2.23. The molecular weight excluding hydrogens is 230 g/mol. The molecule has 0 saturated carbocycles. The maximum Gasteiger partial charge on any atom is 0.235 e. The molecule has 0 saturated heterocycles. The SMILES string of the molecule is CCNC(=O)CN(CC)S(=O)(=O)CCCN. The number of hydrogen-bond acceptors (Lipinski definition) is 4. The minimum absolute atomic E-state index is 0.00323. The fourth-order valence-electron chi connectivity index (χ4n) is 1.21. The number of nitrogens with one attached hydrogen (secondary N) is 1. The van der Waals surface area contributed by atoms with Crippen LogP contribution >= 0.6 is 0 Å². The Hall–Kier alpha value is -0.660. The van der Waals surface area contributed by atoms with Gasteiger partial charge >= 0.3 is 0 Å². The molecule has 96 valence electrons. The van der Waals surface area contributed by atoms with Gasteiger partial charge in [0, 0.05) is 13.1 Å². The van der Waals surface area contributed by atoms with Crippen LogP contribution in [0.25, 0.3) is 0 Å². The third-order valence-electron chi connectivity index (χ3n) is 2.05. The molecule has 0 aliphatic rings. The predicted molar refractivity (Wildman–Crippen MR) is 63.4 cm³/mol. The van der Waals surface area contributed by atoms with E-state index in [2.05, 4.69) is 5.32 Å². The van der Waals surface area contributed by atoms with E-state index in [0.29, 0.717) is 26.1 Å². The molecule has 0 aliphatic carbocycles. The highest BCUT2D eigenvalue weighted by Crippen LogP contribution is 2.02. The van der Waals surface area contributed by atoms with Crippen molar-refractivity contribution in [3.63, 3.8) is 0 Å². The number of nitrogens with two attached hydrogens (primary N) is 1. The van der Waals surface area contributed by atoms with Crippen LogP contribution in [0, 0.1) is 0 Å². The van der Waals surface area contributed by atoms with Crippen LogP contribution in [-0.2, 0) is 14.8 Å². The van der Waals surface area contributed by atoms with E-state index in [4.69, 9.17) is 5.73 Å². The Labute approximate surface area is 97.2 Å². The van der Waals surface area contributed by atoms with E-state index in [-0.39, 0.29) is 18.2 Å². The number of nitrogens with zero attached hydrogens (tertiary/aromatic N) is 1. The van der Waals surface area contributed by atoms with Gasteiger partial charge < -0.3 is 11.1 Å². The van der Waals surface area contributed by atoms with E-state index in [1.54, 1.807) is 13.8 Å². The lowest BCUT2D eigenvalue weighted by molar-refractivity contribution is -0.121. The van der Waals surface area contributed by atoms with Crippen LogP contribution in [0.3, 0.4) is 0 Å². The third-order valence-corrected chi connectivity index (χ3v) is 4.03. The summed E-state index contributed by atoms with van der Waals surface area (Å²) in [7, 11) is -3.36. The van der Waals surface area contributed by atoms with Crippen molar-refractivity contribution in [2.75, 3.05) is 31.9 Å². The molecule has 0 rings (SSSR count). The molecule has 7 heteroatoms. The smallest absolute Gasteiger partial charge is 0.235 e. The zero-order valence-corrected chi connectivity index (χ0v) is 10.7. The van der Waals surface area contributed by atoms with Crippen molar-refractivity contribution in [3.05, 3.63) is 0 Å². The van der Waals surface area contributed by atoms with Crippen LogP contribution in [0.4, 0.5) is 0 Å². The molecule has 0 unspecified atom stereocenters. The van der Waals surface area contributed by atoms with Gasteiger partial charge in [0.1, 0.15) is 0 Å². The highest BCUT2D eigenvalue weighted by Gasteiger charge is 2.21. The molecule has 6 nitrogen and oxygen atoms in total. The van der Waals surface area contributed by atoms with E-state index in [0.717, 1.165) is 0 Å². The molecule has 0 fully saturated rings. The van der Waals surface area contributed by atoms with E-state index < -0.39 is 10.0 Å². The molecule has 0 radical (unpaired) electrons. The summed E-state index contributed by atoms with van der Waals surface area (Å²) in [6.45, 7) is 4.51. The lowest BCUT2D eigenvalue weighted by Crippen LogP contribution is -2.41. The second kappa shape index (κ2) is 7.59. The Kier molecular flexibility index (Phi) is 7.27. The van der Waals surface area contributed by atoms with Gasteiger partial charge in [0.05, 0.1) is 12.3 Å². The van der Waals surface area contributed by atoms with E-state index in [1.807, 2.05) is 0 Å². The largest absolute Gasteiger partial charge is 0.355 e. The van der Waals surface area contributed by atoms with Gasteiger partial charge in [0.2, 0.25) is 15.9 Å². The van der Waals surface area contributed by atoms with Crippen molar-refractivity contribution in [1.29, 1.82) is 0 Å². The van der Waals surface area contributed by atoms with Gasteiger partial charge in [-0.3, -0.25) is 4.79 Å². The summed E-state index contributed by atoms with van der Waals surface area (Å²) in [5.74, 6) is -0.280. The van der Waals surface area contributed by atoms with Gasteiger partial charge in [-0.05, 0) is 19.9 Å². The number of carbonyl (C=O) groups excluding carboxylic acids is 1. The molecule has 0 atom stereocenters. The van der Waals surface area contributed by atoms with Gasteiger partial charge in [0.25, 0.3) is 0 Å². The zero-order valence-electron chi connectivity index (χ0n) is 9.90. The normalized spacial score (nSPS) is 11.8. The first-order valence-corrected chi connectivity index (χ1v) is 7.03. The molecule has 0 spiro atoms. The predicted octanol–water partition coefficient (Wildman–Crippen LogP) is -0.877. The Bertz CT molecular complexity index is 303. The van der Waals surface area contributed by atoms with Crippen molar-refractivity contribution in [3.8, 4) is 0 Å². The van der Waals surface area contributed by atoms with Crippen LogP contribution in [0.15, 0.2) is 0 Å². The van der Waals surface area contributed by atoms with Crippen LogP contribution in [0.1, 0.15) is 20.3 Å². The number of likely N-dealkylation sites (N-methyl/N-ethyl adjacent to an activating group) is 2. The highest BCUT2D eigenvalue weighted by atomic mass is 32.2. The quantitative estimate of drug-likeness (QED) is 0.586. The Morgan fingerprint density at radius 2 is 2.00 bits per heavy atom. The Balaban J connectivity index is 4.41. The standard InChI is InChI=1S/C9H21N3O3S/c1-3-11-9(13)8-12(4-2)16(14,15)7-5-6-10/h3-8,10H2,1-2H3,(H,11,13). The van der Waals surface area contributed by atoms with Crippen LogP contribution in [-0.4, -0.2) is 50.6 Å². The number of hydrogen-bond donors (Lipinski definition) is 2. The summed E-state index contributed by atoms with van der Waals surface area (Å²) in [4.78, 5) is 11.3. The second-order valence-corrected chi connectivity index (χ2v) is 5.43. The molecule has 3 N–H and O–H groups in total. The topological polar surface area (TPSA) is 92.5 Å². The van der Waals surface area contributed by atoms with E-state index in [1.165, 1.54) is 4.31 Å². The molecule has 16 heavy (non-hydrogen) atoms. The number of carbonyl (C=O) groups is 1. The van der Waals surface area contributed by atoms with Crippen molar-refractivity contribution >= 4 is 15.9 Å². The van der Waals surface area contributed by atoms with E-state index in [9.17, 15) is 13.2 Å². The average molecular weight is 251 g/mol. The molecule has 0 aliphatic heterocycles. The molecule has 0 aromatic rings. The molecule has 0 aromatic heterocycles. The Morgan fingerprint density at radius 3 is 2.44 bits per heavy atom. The molecular formula is C9H21N3O3S. The maximum atomic E-state index is 11.8. The van der Waals surface area contributed by atoms with Crippen LogP contribution in [0.5, 0.6) is 0 Å². The molecule has 1 amide bonds. The number of rotatable bonds is 8. The summed E-state index contributed by atoms with van der Waals surface area (Å²) < 4.78 is 24.7. The summed E-state index contributed by atoms with van der Waals surface area (Å²) in [6, 6.07) is 0. The zero-order chi connectivity index (χ0) is 12.6. The lowest BCUT2D eigenvalue weighted by atomic mass is 10.5. The summed E-state index contributed by atoms with van der Waals surface area (Å²) in [5, 5.41) is 2.57. The lowest BCUT2D eigenvalue weighted by Gasteiger charge is -2.19. The first kappa shape index (κ1) is 15.3. The van der Waals surface area contributed by atoms with E-state index >= 15 is 0 Å². The maximum absolute atomic E-state index is 11.8.